The van der Waals surface area contributed by atoms with E-state index in [0.717, 1.165) is 17.7 Å². The topological polar surface area (TPSA) is 42.6 Å². The van der Waals surface area contributed by atoms with Gasteiger partial charge < -0.3 is 14.3 Å². The third-order valence-corrected chi connectivity index (χ3v) is 1.76. The molecule has 3 nitrogen and oxygen atoms in total. The first kappa shape index (κ1) is 10.3. The van der Waals surface area contributed by atoms with E-state index in [1.807, 2.05) is 19.9 Å². The minimum absolute atomic E-state index is 0.340. The van der Waals surface area contributed by atoms with Gasteiger partial charge in [0.1, 0.15) is 11.9 Å². The summed E-state index contributed by atoms with van der Waals surface area (Å²) in [6, 6.07) is 1.82. The molecule has 13 heavy (non-hydrogen) atoms. The number of ether oxygens (including phenoxy) is 1. The lowest BCUT2D eigenvalue weighted by Gasteiger charge is -2.07. The number of rotatable bonds is 5. The molecule has 0 aliphatic rings. The molecule has 1 unspecified atom stereocenters. The zero-order valence-corrected chi connectivity index (χ0v) is 8.12. The zero-order valence-electron chi connectivity index (χ0n) is 8.12. The van der Waals surface area contributed by atoms with Crippen LogP contribution in [0.1, 0.15) is 30.8 Å². The van der Waals surface area contributed by atoms with Crippen LogP contribution in [0.5, 0.6) is 0 Å². The molecule has 0 aromatic carbocycles. The van der Waals surface area contributed by atoms with Crippen molar-refractivity contribution in [3.63, 3.8) is 0 Å². The van der Waals surface area contributed by atoms with E-state index in [0.29, 0.717) is 13.2 Å². The average molecular weight is 184 g/mol. The lowest BCUT2D eigenvalue weighted by molar-refractivity contribution is 0.0361. The fraction of sp³-hybridized carbons (Fsp3) is 0.600. The fourth-order valence-electron chi connectivity index (χ4n) is 1.07. The van der Waals surface area contributed by atoms with E-state index in [2.05, 4.69) is 0 Å². The van der Waals surface area contributed by atoms with Gasteiger partial charge in [-0.05, 0) is 19.4 Å². The van der Waals surface area contributed by atoms with Crippen LogP contribution >= 0.6 is 0 Å². The largest absolute Gasteiger partial charge is 0.469 e. The minimum atomic E-state index is -0.566. The normalized spacial score (nSPS) is 13.2. The first-order valence-electron chi connectivity index (χ1n) is 4.55. The summed E-state index contributed by atoms with van der Waals surface area (Å²) in [7, 11) is 0. The number of hydrogen-bond donors (Lipinski definition) is 1. The Morgan fingerprint density at radius 1 is 1.62 bits per heavy atom. The summed E-state index contributed by atoms with van der Waals surface area (Å²) in [6.45, 7) is 4.91. The van der Waals surface area contributed by atoms with E-state index in [1.54, 1.807) is 6.26 Å². The third kappa shape index (κ3) is 3.20. The van der Waals surface area contributed by atoms with Crippen LogP contribution in [0.4, 0.5) is 0 Å². The number of furan rings is 1. The Bertz CT molecular complexity index is 242. The van der Waals surface area contributed by atoms with Gasteiger partial charge in [0.05, 0.1) is 12.9 Å². The lowest BCUT2D eigenvalue weighted by atomic mass is 10.2. The van der Waals surface area contributed by atoms with Crippen LogP contribution in [-0.4, -0.2) is 18.3 Å². The summed E-state index contributed by atoms with van der Waals surface area (Å²) in [6.07, 6.45) is 1.97. The number of aryl methyl sites for hydroxylation is 1. The Kier molecular flexibility index (Phi) is 3.99. The predicted molar refractivity (Wildman–Crippen MR) is 49.5 cm³/mol. The highest BCUT2D eigenvalue weighted by atomic mass is 16.5. The highest BCUT2D eigenvalue weighted by Crippen LogP contribution is 2.16. The van der Waals surface area contributed by atoms with Crippen molar-refractivity contribution in [1.82, 2.24) is 0 Å². The highest BCUT2D eigenvalue weighted by molar-refractivity contribution is 5.14. The van der Waals surface area contributed by atoms with Crippen molar-refractivity contribution in [3.05, 3.63) is 23.7 Å². The molecule has 0 radical (unpaired) electrons. The van der Waals surface area contributed by atoms with Gasteiger partial charge in [0.25, 0.3) is 0 Å². The smallest absolute Gasteiger partial charge is 0.105 e. The maximum atomic E-state index is 9.58. The van der Waals surface area contributed by atoms with Crippen LogP contribution in [0.3, 0.4) is 0 Å². The molecule has 0 spiro atoms. The second-order valence-electron chi connectivity index (χ2n) is 3.08. The minimum Gasteiger partial charge on any atom is -0.469 e. The van der Waals surface area contributed by atoms with E-state index >= 15 is 0 Å². The van der Waals surface area contributed by atoms with E-state index in [9.17, 15) is 5.11 Å². The van der Waals surface area contributed by atoms with Crippen LogP contribution in [0.15, 0.2) is 16.7 Å². The molecule has 0 bridgehead atoms. The fourth-order valence-corrected chi connectivity index (χ4v) is 1.07. The molecule has 3 heteroatoms. The first-order chi connectivity index (χ1) is 6.24. The van der Waals surface area contributed by atoms with Crippen molar-refractivity contribution in [1.29, 1.82) is 0 Å². The summed E-state index contributed by atoms with van der Waals surface area (Å²) in [5.41, 5.74) is 0.786. The highest BCUT2D eigenvalue weighted by Gasteiger charge is 2.09. The van der Waals surface area contributed by atoms with Crippen LogP contribution < -0.4 is 0 Å². The zero-order chi connectivity index (χ0) is 9.68. The van der Waals surface area contributed by atoms with Gasteiger partial charge in [0.15, 0.2) is 0 Å². The molecular weight excluding hydrogens is 168 g/mol. The van der Waals surface area contributed by atoms with E-state index < -0.39 is 6.10 Å². The molecule has 0 aliphatic heterocycles. The molecule has 0 saturated carbocycles. The summed E-state index contributed by atoms with van der Waals surface area (Å²) in [4.78, 5) is 0. The molecule has 1 aromatic heterocycles. The van der Waals surface area contributed by atoms with Gasteiger partial charge in [0, 0.05) is 12.2 Å². The maximum absolute atomic E-state index is 9.58. The van der Waals surface area contributed by atoms with E-state index in [-0.39, 0.29) is 0 Å². The van der Waals surface area contributed by atoms with Gasteiger partial charge in [-0.15, -0.1) is 0 Å². The second-order valence-corrected chi connectivity index (χ2v) is 3.08. The van der Waals surface area contributed by atoms with E-state index in [4.69, 9.17) is 9.15 Å². The van der Waals surface area contributed by atoms with Gasteiger partial charge in [-0.2, -0.15) is 0 Å². The summed E-state index contributed by atoms with van der Waals surface area (Å²) >= 11 is 0. The summed E-state index contributed by atoms with van der Waals surface area (Å²) < 4.78 is 10.3. The molecule has 1 aromatic rings. The maximum Gasteiger partial charge on any atom is 0.105 e. The van der Waals surface area contributed by atoms with Crippen molar-refractivity contribution in [2.24, 2.45) is 0 Å². The molecular formula is C10H16O3. The monoisotopic (exact) mass is 184 g/mol. The molecule has 74 valence electrons. The van der Waals surface area contributed by atoms with Gasteiger partial charge in [-0.3, -0.25) is 0 Å². The van der Waals surface area contributed by atoms with Crippen LogP contribution in [0.25, 0.3) is 0 Å². The number of aliphatic hydroxyl groups is 1. The molecule has 0 aliphatic carbocycles. The van der Waals surface area contributed by atoms with Crippen molar-refractivity contribution < 1.29 is 14.3 Å². The summed E-state index contributed by atoms with van der Waals surface area (Å²) in [5.74, 6) is 0.810. The van der Waals surface area contributed by atoms with Gasteiger partial charge in [-0.1, -0.05) is 6.92 Å². The molecule has 1 atom stereocenters. The molecule has 0 amide bonds. The van der Waals surface area contributed by atoms with Gasteiger partial charge in [-0.25, -0.2) is 0 Å². The van der Waals surface area contributed by atoms with Crippen molar-refractivity contribution >= 4 is 0 Å². The van der Waals surface area contributed by atoms with Crippen molar-refractivity contribution in [3.8, 4) is 0 Å². The third-order valence-electron chi connectivity index (χ3n) is 1.76. The Hall–Kier alpha value is -0.800. The quantitative estimate of drug-likeness (QED) is 0.712. The van der Waals surface area contributed by atoms with E-state index in [1.165, 1.54) is 0 Å². The lowest BCUT2D eigenvalue weighted by Crippen LogP contribution is -2.06. The Morgan fingerprint density at radius 2 is 2.38 bits per heavy atom. The van der Waals surface area contributed by atoms with Crippen LogP contribution in [0.2, 0.25) is 0 Å². The molecule has 0 fully saturated rings. The van der Waals surface area contributed by atoms with Crippen molar-refractivity contribution in [2.75, 3.05) is 13.2 Å². The molecule has 1 rings (SSSR count). The number of hydrogen-bond acceptors (Lipinski definition) is 3. The second kappa shape index (κ2) is 5.04. The van der Waals surface area contributed by atoms with Crippen LogP contribution in [0, 0.1) is 6.92 Å². The molecule has 1 heterocycles. The average Bonchev–Trinajstić information content (AvgIpc) is 2.52. The standard InChI is InChI=1S/C10H16O3/c1-3-4-12-7-10(11)9-5-8(2)13-6-9/h5-6,10-11H,3-4,7H2,1-2H3. The number of aliphatic hydroxyl groups excluding tert-OH is 1. The van der Waals surface area contributed by atoms with Gasteiger partial charge >= 0.3 is 0 Å². The van der Waals surface area contributed by atoms with Crippen LogP contribution in [-0.2, 0) is 4.74 Å². The van der Waals surface area contributed by atoms with Crippen molar-refractivity contribution in [2.45, 2.75) is 26.4 Å². The molecule has 0 saturated heterocycles. The molecule has 1 N–H and O–H groups in total. The Balaban J connectivity index is 2.35. The Labute approximate surface area is 78.3 Å². The first-order valence-corrected chi connectivity index (χ1v) is 4.55. The SMILES string of the molecule is CCCOCC(O)c1coc(C)c1. The summed E-state index contributed by atoms with van der Waals surface area (Å²) in [5, 5.41) is 9.58. The Morgan fingerprint density at radius 3 is 2.92 bits per heavy atom. The van der Waals surface area contributed by atoms with Gasteiger partial charge in [0.2, 0.25) is 0 Å². The predicted octanol–water partition coefficient (Wildman–Crippen LogP) is 2.05.